The van der Waals surface area contributed by atoms with Crippen LogP contribution in [0.15, 0.2) is 188 Å². The van der Waals surface area contributed by atoms with Gasteiger partial charge in [-0.25, -0.2) is 0 Å². The average Bonchev–Trinajstić information content (AvgIpc) is 3.13. The van der Waals surface area contributed by atoms with Crippen LogP contribution in [0.5, 0.6) is 0 Å². The van der Waals surface area contributed by atoms with Gasteiger partial charge < -0.3 is 4.90 Å². The lowest BCUT2D eigenvalue weighted by molar-refractivity contribution is 1.29. The first-order valence-electron chi connectivity index (χ1n) is 15.4. The summed E-state index contributed by atoms with van der Waals surface area (Å²) < 4.78 is 0. The highest BCUT2D eigenvalue weighted by Gasteiger charge is 2.15. The molecule has 0 saturated heterocycles. The van der Waals surface area contributed by atoms with Crippen molar-refractivity contribution >= 4 is 38.6 Å². The van der Waals surface area contributed by atoms with Crippen LogP contribution < -0.4 is 4.90 Å². The Bertz CT molecular complexity index is 2230. The molecular formula is C44H31N. The summed E-state index contributed by atoms with van der Waals surface area (Å²) in [7, 11) is 0. The minimum atomic E-state index is 1.12. The van der Waals surface area contributed by atoms with Crippen molar-refractivity contribution in [1.82, 2.24) is 0 Å². The van der Waals surface area contributed by atoms with Crippen LogP contribution in [-0.4, -0.2) is 0 Å². The highest BCUT2D eigenvalue weighted by atomic mass is 15.1. The fraction of sp³-hybridized carbons (Fsp3) is 0. The van der Waals surface area contributed by atoms with E-state index in [0.29, 0.717) is 0 Å². The van der Waals surface area contributed by atoms with Gasteiger partial charge in [0, 0.05) is 17.1 Å². The summed E-state index contributed by atoms with van der Waals surface area (Å²) in [6.45, 7) is 0. The van der Waals surface area contributed by atoms with Crippen LogP contribution in [-0.2, 0) is 0 Å². The van der Waals surface area contributed by atoms with Crippen molar-refractivity contribution in [3.8, 4) is 33.4 Å². The van der Waals surface area contributed by atoms with E-state index in [1.807, 2.05) is 0 Å². The summed E-state index contributed by atoms with van der Waals surface area (Å²) in [6.07, 6.45) is 0. The molecule has 0 aliphatic heterocycles. The molecule has 0 saturated carbocycles. The van der Waals surface area contributed by atoms with Gasteiger partial charge >= 0.3 is 0 Å². The molecule has 0 heterocycles. The Balaban J connectivity index is 1.22. The zero-order valence-corrected chi connectivity index (χ0v) is 24.8. The minimum Gasteiger partial charge on any atom is -0.310 e. The van der Waals surface area contributed by atoms with Crippen LogP contribution in [0.4, 0.5) is 17.1 Å². The first-order valence-corrected chi connectivity index (χ1v) is 15.4. The van der Waals surface area contributed by atoms with Crippen molar-refractivity contribution < 1.29 is 0 Å². The Morgan fingerprint density at radius 3 is 1.29 bits per heavy atom. The molecular weight excluding hydrogens is 542 g/mol. The fourth-order valence-electron chi connectivity index (χ4n) is 6.32. The van der Waals surface area contributed by atoms with E-state index < -0.39 is 0 Å². The predicted molar refractivity (Wildman–Crippen MR) is 192 cm³/mol. The normalized spacial score (nSPS) is 11.1. The van der Waals surface area contributed by atoms with E-state index in [1.54, 1.807) is 0 Å². The molecule has 212 valence electrons. The highest BCUT2D eigenvalue weighted by Crippen LogP contribution is 2.39. The van der Waals surface area contributed by atoms with Crippen LogP contribution in [0.1, 0.15) is 0 Å². The molecule has 0 aliphatic carbocycles. The van der Waals surface area contributed by atoms with Gasteiger partial charge in [-0.15, -0.1) is 0 Å². The first-order chi connectivity index (χ1) is 22.3. The molecule has 0 aliphatic rings. The molecule has 8 aromatic rings. The second-order valence-corrected chi connectivity index (χ2v) is 11.4. The fourth-order valence-corrected chi connectivity index (χ4v) is 6.32. The molecule has 0 bridgehead atoms. The molecule has 45 heavy (non-hydrogen) atoms. The quantitative estimate of drug-likeness (QED) is 0.179. The Kier molecular flexibility index (Phi) is 6.90. The number of hydrogen-bond acceptors (Lipinski definition) is 1. The molecule has 0 atom stereocenters. The number of hydrogen-bond donors (Lipinski definition) is 0. The van der Waals surface area contributed by atoms with E-state index in [0.717, 1.165) is 17.1 Å². The van der Waals surface area contributed by atoms with Gasteiger partial charge in [0.05, 0.1) is 0 Å². The zero-order chi connectivity index (χ0) is 30.0. The monoisotopic (exact) mass is 573 g/mol. The molecule has 8 aromatic carbocycles. The molecule has 0 N–H and O–H groups in total. The van der Waals surface area contributed by atoms with Crippen LogP contribution >= 0.6 is 0 Å². The van der Waals surface area contributed by atoms with E-state index in [4.69, 9.17) is 0 Å². The smallest absolute Gasteiger partial charge is 0.0468 e. The van der Waals surface area contributed by atoms with Gasteiger partial charge in [-0.2, -0.15) is 0 Å². The molecule has 1 heteroatoms. The largest absolute Gasteiger partial charge is 0.310 e. The Labute approximate surface area is 264 Å². The molecule has 1 nitrogen and oxygen atoms in total. The summed E-state index contributed by atoms with van der Waals surface area (Å²) in [6, 6.07) is 67.6. The second-order valence-electron chi connectivity index (χ2n) is 11.4. The van der Waals surface area contributed by atoms with Crippen LogP contribution in [0.3, 0.4) is 0 Å². The van der Waals surface area contributed by atoms with Gasteiger partial charge in [0.2, 0.25) is 0 Å². The van der Waals surface area contributed by atoms with Crippen LogP contribution in [0.25, 0.3) is 54.9 Å². The Morgan fingerprint density at radius 2 is 0.667 bits per heavy atom. The lowest BCUT2D eigenvalue weighted by Gasteiger charge is -2.26. The van der Waals surface area contributed by atoms with Gasteiger partial charge in [0.15, 0.2) is 0 Å². The van der Waals surface area contributed by atoms with E-state index in [-0.39, 0.29) is 0 Å². The predicted octanol–water partition coefficient (Wildman–Crippen LogP) is 12.5. The highest BCUT2D eigenvalue weighted by molar-refractivity contribution is 6.09. The maximum atomic E-state index is 2.36. The van der Waals surface area contributed by atoms with Crippen LogP contribution in [0.2, 0.25) is 0 Å². The van der Waals surface area contributed by atoms with E-state index in [9.17, 15) is 0 Å². The molecule has 0 fully saturated rings. The van der Waals surface area contributed by atoms with Gasteiger partial charge in [-0.1, -0.05) is 146 Å². The lowest BCUT2D eigenvalue weighted by atomic mass is 9.98. The van der Waals surface area contributed by atoms with E-state index in [2.05, 4.69) is 193 Å². The standard InChI is InChI=1S/C44H31N/c1-3-10-32(11-4-1)34-20-25-40(26-21-34)45(42-29-24-37-19-18-36-14-7-8-17-43(36)44(37)31-42)41-27-22-35(23-28-41)39-16-9-15-38(30-39)33-12-5-2-6-13-33/h1-31H. The van der Waals surface area contributed by atoms with Crippen LogP contribution in [0, 0.1) is 0 Å². The van der Waals surface area contributed by atoms with Crippen molar-refractivity contribution in [2.24, 2.45) is 0 Å². The maximum Gasteiger partial charge on any atom is 0.0468 e. The summed E-state index contributed by atoms with van der Waals surface area (Å²) in [5, 5.41) is 5.02. The number of rotatable bonds is 6. The molecule has 0 radical (unpaired) electrons. The van der Waals surface area contributed by atoms with Crippen molar-refractivity contribution in [2.75, 3.05) is 4.90 Å². The van der Waals surface area contributed by atoms with Gasteiger partial charge in [-0.3, -0.25) is 0 Å². The first kappa shape index (κ1) is 26.7. The van der Waals surface area contributed by atoms with Gasteiger partial charge in [-0.05, 0) is 97.4 Å². The van der Waals surface area contributed by atoms with Crippen molar-refractivity contribution in [2.45, 2.75) is 0 Å². The number of nitrogens with zero attached hydrogens (tertiary/aromatic N) is 1. The van der Waals surface area contributed by atoms with Crippen molar-refractivity contribution in [3.05, 3.63) is 188 Å². The molecule has 8 rings (SSSR count). The molecule has 0 aromatic heterocycles. The van der Waals surface area contributed by atoms with Gasteiger partial charge in [0.1, 0.15) is 0 Å². The van der Waals surface area contributed by atoms with Crippen molar-refractivity contribution in [3.63, 3.8) is 0 Å². The SMILES string of the molecule is c1ccc(-c2ccc(N(c3ccc(-c4cccc(-c5ccccc5)c4)cc3)c3ccc4ccc5ccccc5c4c3)cc2)cc1. The third-order valence-corrected chi connectivity index (χ3v) is 8.65. The Hall–Kier alpha value is -5.92. The Morgan fingerprint density at radius 1 is 0.244 bits per heavy atom. The second kappa shape index (κ2) is 11.6. The van der Waals surface area contributed by atoms with E-state index in [1.165, 1.54) is 54.9 Å². The van der Waals surface area contributed by atoms with E-state index >= 15 is 0 Å². The van der Waals surface area contributed by atoms with Crippen molar-refractivity contribution in [1.29, 1.82) is 0 Å². The lowest BCUT2D eigenvalue weighted by Crippen LogP contribution is -2.09. The summed E-state index contributed by atoms with van der Waals surface area (Å²) in [5.74, 6) is 0. The number of benzene rings is 8. The third-order valence-electron chi connectivity index (χ3n) is 8.65. The molecule has 0 spiro atoms. The summed E-state index contributed by atoms with van der Waals surface area (Å²) in [5.41, 5.74) is 10.6. The number of fused-ring (bicyclic) bond motifs is 3. The average molecular weight is 574 g/mol. The summed E-state index contributed by atoms with van der Waals surface area (Å²) >= 11 is 0. The molecule has 0 unspecified atom stereocenters. The number of anilines is 3. The maximum absolute atomic E-state index is 2.36. The topological polar surface area (TPSA) is 3.24 Å². The minimum absolute atomic E-state index is 1.12. The molecule has 0 amide bonds. The third kappa shape index (κ3) is 5.26. The zero-order valence-electron chi connectivity index (χ0n) is 24.8. The summed E-state index contributed by atoms with van der Waals surface area (Å²) in [4.78, 5) is 2.36. The van der Waals surface area contributed by atoms with Gasteiger partial charge in [0.25, 0.3) is 0 Å².